The lowest BCUT2D eigenvalue weighted by atomic mass is 10.1. The van der Waals surface area contributed by atoms with Gasteiger partial charge in [-0.3, -0.25) is 14.1 Å². The Labute approximate surface area is 315 Å². The van der Waals surface area contributed by atoms with Gasteiger partial charge in [0.25, 0.3) is 0 Å². The first-order valence-corrected chi connectivity index (χ1v) is 21.4. The highest BCUT2D eigenvalue weighted by Gasteiger charge is 2.22. The van der Waals surface area contributed by atoms with Crippen LogP contribution in [0.5, 0.6) is 0 Å². The first-order valence-electron chi connectivity index (χ1n) is 19.8. The van der Waals surface area contributed by atoms with Crippen LogP contribution >= 0.6 is 7.82 Å². The normalized spacial score (nSPS) is 13.9. The number of phosphoric acid groups is 1. The van der Waals surface area contributed by atoms with Crippen molar-refractivity contribution in [2.45, 2.75) is 167 Å². The minimum absolute atomic E-state index is 0.153. The van der Waals surface area contributed by atoms with E-state index in [9.17, 15) is 19.3 Å². The van der Waals surface area contributed by atoms with Gasteiger partial charge in [-0.15, -0.1) is 0 Å². The lowest BCUT2D eigenvalue weighted by Crippen LogP contribution is -2.29. The minimum Gasteiger partial charge on any atom is -0.462 e. The number of aliphatic hydroxyl groups is 1. The maximum atomic E-state index is 12.4. The quantitative estimate of drug-likeness (QED) is 0.0190. The van der Waals surface area contributed by atoms with Gasteiger partial charge in [0, 0.05) is 12.8 Å². The molecule has 0 aromatic carbocycles. The van der Waals surface area contributed by atoms with Crippen LogP contribution in [-0.4, -0.2) is 52.3 Å². The summed E-state index contributed by atoms with van der Waals surface area (Å²) in [5.41, 5.74) is 0. The molecule has 52 heavy (non-hydrogen) atoms. The molecule has 0 heterocycles. The van der Waals surface area contributed by atoms with Crippen molar-refractivity contribution >= 4 is 19.8 Å². The van der Waals surface area contributed by atoms with E-state index < -0.39 is 38.6 Å². The second-order valence-corrected chi connectivity index (χ2v) is 14.3. The number of carbonyl (C=O) groups excluding carboxylic acids is 2. The van der Waals surface area contributed by atoms with E-state index in [2.05, 4.69) is 48.8 Å². The van der Waals surface area contributed by atoms with E-state index in [-0.39, 0.29) is 19.4 Å². The number of phosphoric ester groups is 1. The SMILES string of the molecule is CCCCC/C=C\C/C=C\CCCCCCCCC(=O)O[C@H](COC(=O)CCC/C=C\C/C=C\C=C\[C@H](O)C/C=C\CCCCC)COP(=O)(O)O. The first kappa shape index (κ1) is 49.5. The molecule has 0 aliphatic heterocycles. The Morgan fingerprint density at radius 1 is 0.596 bits per heavy atom. The summed E-state index contributed by atoms with van der Waals surface area (Å²) < 4.78 is 26.3. The lowest BCUT2D eigenvalue weighted by Gasteiger charge is -2.18. The third-order valence-corrected chi connectivity index (χ3v) is 8.51. The Balaban J connectivity index is 4.15. The second kappa shape index (κ2) is 36.8. The zero-order valence-corrected chi connectivity index (χ0v) is 33.2. The van der Waals surface area contributed by atoms with Gasteiger partial charge in [0.15, 0.2) is 6.10 Å². The molecule has 0 aliphatic rings. The van der Waals surface area contributed by atoms with Crippen molar-refractivity contribution in [1.29, 1.82) is 0 Å². The maximum absolute atomic E-state index is 12.4. The second-order valence-electron chi connectivity index (χ2n) is 13.1. The zero-order valence-electron chi connectivity index (χ0n) is 32.3. The molecule has 3 N–H and O–H groups in total. The third-order valence-electron chi connectivity index (χ3n) is 8.03. The highest BCUT2D eigenvalue weighted by molar-refractivity contribution is 7.46. The molecule has 0 amide bonds. The van der Waals surface area contributed by atoms with Crippen molar-refractivity contribution in [1.82, 2.24) is 0 Å². The molecule has 0 bridgehead atoms. The fourth-order valence-electron chi connectivity index (χ4n) is 5.01. The Hall–Kier alpha value is -2.55. The highest BCUT2D eigenvalue weighted by atomic mass is 31.2. The molecule has 0 unspecified atom stereocenters. The van der Waals surface area contributed by atoms with Crippen molar-refractivity contribution in [2.24, 2.45) is 0 Å². The minimum atomic E-state index is -4.78. The smallest absolute Gasteiger partial charge is 0.462 e. The number of hydrogen-bond acceptors (Lipinski definition) is 7. The summed E-state index contributed by atoms with van der Waals surface area (Å²) in [6.45, 7) is 3.48. The Kier molecular flexibility index (Phi) is 35.0. The van der Waals surface area contributed by atoms with Gasteiger partial charge in [0.05, 0.1) is 12.7 Å². The van der Waals surface area contributed by atoms with Crippen molar-refractivity contribution in [3.05, 3.63) is 72.9 Å². The van der Waals surface area contributed by atoms with Crippen LogP contribution in [0.15, 0.2) is 72.9 Å². The van der Waals surface area contributed by atoms with Gasteiger partial charge in [-0.25, -0.2) is 4.57 Å². The van der Waals surface area contributed by atoms with Crippen LogP contribution in [0.25, 0.3) is 0 Å². The summed E-state index contributed by atoms with van der Waals surface area (Å²) in [4.78, 5) is 42.7. The number of unbranched alkanes of at least 4 members (excludes halogenated alkanes) is 13. The molecule has 0 aliphatic carbocycles. The standard InChI is InChI=1S/C42H71O9P/c1-3-5-7-9-11-12-13-14-15-16-17-18-19-24-28-32-36-42(45)51-40(38-50-52(46,47)48)37-49-41(44)35-31-27-23-21-20-22-26-30-34-39(43)33-29-25-10-8-6-4-2/h11-12,14-15,21-23,25-26,29-30,34,39-40,43H,3-10,13,16-20,24,27-28,31-33,35-38H2,1-2H3,(H2,46,47,48)/b12-11-,15-14-,23-21-,26-22-,29-25-,34-30+/t39-,40-/m1/s1. The average molecular weight is 751 g/mol. The van der Waals surface area contributed by atoms with Crippen molar-refractivity contribution in [3.63, 3.8) is 0 Å². The van der Waals surface area contributed by atoms with E-state index >= 15 is 0 Å². The summed E-state index contributed by atoms with van der Waals surface area (Å²) in [7, 11) is -4.78. The first-order chi connectivity index (χ1) is 25.2. The van der Waals surface area contributed by atoms with Crippen LogP contribution in [0, 0.1) is 0 Å². The molecule has 10 heteroatoms. The molecule has 2 atom stereocenters. The third kappa shape index (κ3) is 38.7. The van der Waals surface area contributed by atoms with Gasteiger partial charge >= 0.3 is 19.8 Å². The number of carbonyl (C=O) groups is 2. The van der Waals surface area contributed by atoms with Crippen molar-refractivity contribution in [2.75, 3.05) is 13.2 Å². The van der Waals surface area contributed by atoms with Crippen LogP contribution < -0.4 is 0 Å². The summed E-state index contributed by atoms with van der Waals surface area (Å²) in [6.07, 6.45) is 43.6. The summed E-state index contributed by atoms with van der Waals surface area (Å²) in [6, 6.07) is 0. The largest absolute Gasteiger partial charge is 0.469 e. The van der Waals surface area contributed by atoms with Crippen molar-refractivity contribution in [3.8, 4) is 0 Å². The maximum Gasteiger partial charge on any atom is 0.469 e. The van der Waals surface area contributed by atoms with E-state index in [0.29, 0.717) is 25.7 Å². The van der Waals surface area contributed by atoms with Gasteiger partial charge in [0.1, 0.15) is 6.61 Å². The van der Waals surface area contributed by atoms with Gasteiger partial charge in [-0.2, -0.15) is 0 Å². The zero-order chi connectivity index (χ0) is 38.4. The molecule has 0 aromatic heterocycles. The number of rotatable bonds is 35. The van der Waals surface area contributed by atoms with Crippen LogP contribution in [0.2, 0.25) is 0 Å². The molecule has 0 spiro atoms. The van der Waals surface area contributed by atoms with E-state index in [1.807, 2.05) is 36.5 Å². The van der Waals surface area contributed by atoms with E-state index in [1.54, 1.807) is 6.08 Å². The molecule has 298 valence electrons. The predicted octanol–water partition coefficient (Wildman–Crippen LogP) is 10.9. The molecule has 0 saturated heterocycles. The highest BCUT2D eigenvalue weighted by Crippen LogP contribution is 2.36. The Morgan fingerprint density at radius 3 is 1.73 bits per heavy atom. The number of esters is 2. The number of allylic oxidation sites excluding steroid dienone is 10. The molecule has 0 aromatic rings. The number of hydrogen-bond donors (Lipinski definition) is 3. The summed E-state index contributed by atoms with van der Waals surface area (Å²) in [5.74, 6) is -1.01. The van der Waals surface area contributed by atoms with Crippen LogP contribution in [0.1, 0.15) is 155 Å². The van der Waals surface area contributed by atoms with E-state index in [4.69, 9.17) is 19.3 Å². The van der Waals surface area contributed by atoms with E-state index in [0.717, 1.165) is 57.8 Å². The molecular weight excluding hydrogens is 679 g/mol. The molecule has 0 radical (unpaired) electrons. The number of ether oxygens (including phenoxy) is 2. The summed E-state index contributed by atoms with van der Waals surface area (Å²) in [5, 5.41) is 9.99. The number of aliphatic hydroxyl groups excluding tert-OH is 1. The fraction of sp³-hybridized carbons (Fsp3) is 0.667. The molecular formula is C42H71O9P. The molecule has 9 nitrogen and oxygen atoms in total. The fourth-order valence-corrected chi connectivity index (χ4v) is 5.37. The molecule has 0 saturated carbocycles. The monoisotopic (exact) mass is 750 g/mol. The van der Waals surface area contributed by atoms with Crippen LogP contribution in [-0.2, 0) is 28.2 Å². The lowest BCUT2D eigenvalue weighted by molar-refractivity contribution is -0.161. The average Bonchev–Trinajstić information content (AvgIpc) is 3.11. The van der Waals surface area contributed by atoms with Gasteiger partial charge in [0.2, 0.25) is 0 Å². The van der Waals surface area contributed by atoms with Gasteiger partial charge < -0.3 is 24.4 Å². The predicted molar refractivity (Wildman–Crippen MR) is 213 cm³/mol. The van der Waals surface area contributed by atoms with Gasteiger partial charge in [-0.1, -0.05) is 138 Å². The van der Waals surface area contributed by atoms with Crippen molar-refractivity contribution < 1.29 is 43.0 Å². The van der Waals surface area contributed by atoms with Crippen LogP contribution in [0.4, 0.5) is 0 Å². The molecule has 0 rings (SSSR count). The van der Waals surface area contributed by atoms with Crippen LogP contribution in [0.3, 0.4) is 0 Å². The molecule has 0 fully saturated rings. The Bertz CT molecular complexity index is 1090. The topological polar surface area (TPSA) is 140 Å². The Morgan fingerprint density at radius 2 is 1.12 bits per heavy atom. The summed E-state index contributed by atoms with van der Waals surface area (Å²) >= 11 is 0. The van der Waals surface area contributed by atoms with E-state index in [1.165, 1.54) is 44.9 Å². The van der Waals surface area contributed by atoms with Gasteiger partial charge in [-0.05, 0) is 77.0 Å².